The average Bonchev–Trinajstić information content (AvgIpc) is 2.77. The van der Waals surface area contributed by atoms with E-state index >= 15 is 0 Å². The Morgan fingerprint density at radius 2 is 1.69 bits per heavy atom. The lowest BCUT2D eigenvalue weighted by Gasteiger charge is -2.34. The molecule has 2 aromatic carbocycles. The number of piperazine rings is 1. The van der Waals surface area contributed by atoms with Gasteiger partial charge in [0.2, 0.25) is 11.8 Å². The van der Waals surface area contributed by atoms with Crippen molar-refractivity contribution in [2.24, 2.45) is 0 Å². The second-order valence-electron chi connectivity index (χ2n) is 7.90. The summed E-state index contributed by atoms with van der Waals surface area (Å²) >= 11 is 0. The number of rotatable bonds is 8. The van der Waals surface area contributed by atoms with Gasteiger partial charge in [-0.25, -0.2) is 0 Å². The van der Waals surface area contributed by atoms with Gasteiger partial charge in [-0.3, -0.25) is 24.6 Å². The summed E-state index contributed by atoms with van der Waals surface area (Å²) in [4.78, 5) is 39.4. The van der Waals surface area contributed by atoms with E-state index in [0.717, 1.165) is 16.8 Å². The van der Waals surface area contributed by atoms with Crippen molar-refractivity contribution in [2.45, 2.75) is 20.3 Å². The number of carbonyl (C=O) groups is 2. The molecule has 3 rings (SSSR count). The Labute approximate surface area is 187 Å². The van der Waals surface area contributed by atoms with Crippen molar-refractivity contribution in [3.63, 3.8) is 0 Å². The fourth-order valence-electron chi connectivity index (χ4n) is 3.68. The quantitative estimate of drug-likeness (QED) is 0.484. The summed E-state index contributed by atoms with van der Waals surface area (Å²) < 4.78 is 0. The fraction of sp³-hybridized carbons (Fsp3) is 0.391. The second kappa shape index (κ2) is 10.7. The molecule has 0 saturated carbocycles. The summed E-state index contributed by atoms with van der Waals surface area (Å²) in [5.74, 6) is -0.0669. The van der Waals surface area contributed by atoms with Crippen LogP contribution in [0.5, 0.6) is 0 Å². The van der Waals surface area contributed by atoms with Crippen LogP contribution in [0.25, 0.3) is 0 Å². The third-order valence-electron chi connectivity index (χ3n) is 5.73. The van der Waals surface area contributed by atoms with Crippen LogP contribution in [0.2, 0.25) is 0 Å². The minimum Gasteiger partial charge on any atom is -0.379 e. The van der Waals surface area contributed by atoms with Crippen LogP contribution in [-0.4, -0.2) is 65.8 Å². The molecule has 0 spiro atoms. The topological polar surface area (TPSA) is 108 Å². The van der Waals surface area contributed by atoms with Crippen LogP contribution in [0.15, 0.2) is 42.5 Å². The highest BCUT2D eigenvalue weighted by Gasteiger charge is 2.22. The highest BCUT2D eigenvalue weighted by Crippen LogP contribution is 2.23. The second-order valence-corrected chi connectivity index (χ2v) is 7.90. The van der Waals surface area contributed by atoms with Gasteiger partial charge in [-0.15, -0.1) is 0 Å². The lowest BCUT2D eigenvalue weighted by molar-refractivity contribution is -0.384. The summed E-state index contributed by atoms with van der Waals surface area (Å²) in [5, 5.41) is 17.0. The van der Waals surface area contributed by atoms with Crippen LogP contribution in [-0.2, 0) is 9.59 Å². The van der Waals surface area contributed by atoms with Crippen molar-refractivity contribution >= 4 is 28.9 Å². The van der Waals surface area contributed by atoms with Gasteiger partial charge in [0.15, 0.2) is 0 Å². The molecule has 2 N–H and O–H groups in total. The summed E-state index contributed by atoms with van der Waals surface area (Å²) in [5.41, 5.74) is 3.42. The van der Waals surface area contributed by atoms with Crippen molar-refractivity contribution in [3.05, 3.63) is 63.7 Å². The third kappa shape index (κ3) is 6.04. The van der Waals surface area contributed by atoms with Crippen LogP contribution in [0, 0.1) is 24.0 Å². The minimum atomic E-state index is -0.445. The maximum Gasteiger partial charge on any atom is 0.292 e. The van der Waals surface area contributed by atoms with E-state index in [9.17, 15) is 19.7 Å². The molecule has 1 aliphatic heterocycles. The van der Waals surface area contributed by atoms with E-state index in [1.54, 1.807) is 23.1 Å². The molecule has 0 atom stereocenters. The van der Waals surface area contributed by atoms with E-state index < -0.39 is 4.92 Å². The van der Waals surface area contributed by atoms with Gasteiger partial charge in [0.1, 0.15) is 5.69 Å². The van der Waals surface area contributed by atoms with Crippen molar-refractivity contribution in [2.75, 3.05) is 49.9 Å². The molecule has 0 aromatic heterocycles. The van der Waals surface area contributed by atoms with E-state index in [2.05, 4.69) is 10.6 Å². The van der Waals surface area contributed by atoms with Gasteiger partial charge in [0, 0.05) is 50.9 Å². The van der Waals surface area contributed by atoms with Gasteiger partial charge < -0.3 is 15.5 Å². The predicted octanol–water partition coefficient (Wildman–Crippen LogP) is 2.80. The SMILES string of the molecule is Cc1cccc(NC(=O)CN2CCN(C(=O)CCNc3ccccc3[N+](=O)[O-])CC2)c1C. The van der Waals surface area contributed by atoms with E-state index in [1.807, 2.05) is 36.9 Å². The van der Waals surface area contributed by atoms with Crippen LogP contribution in [0.4, 0.5) is 17.1 Å². The number of amides is 2. The Kier molecular flexibility index (Phi) is 7.77. The van der Waals surface area contributed by atoms with E-state index in [0.29, 0.717) is 38.4 Å². The average molecular weight is 440 g/mol. The molecule has 2 aromatic rings. The first-order chi connectivity index (χ1) is 15.3. The first-order valence-electron chi connectivity index (χ1n) is 10.7. The molecule has 32 heavy (non-hydrogen) atoms. The Balaban J connectivity index is 1.40. The van der Waals surface area contributed by atoms with Crippen LogP contribution in [0.3, 0.4) is 0 Å². The highest BCUT2D eigenvalue weighted by atomic mass is 16.6. The van der Waals surface area contributed by atoms with Crippen molar-refractivity contribution in [3.8, 4) is 0 Å². The highest BCUT2D eigenvalue weighted by molar-refractivity contribution is 5.93. The van der Waals surface area contributed by atoms with Gasteiger partial charge in [0.05, 0.1) is 11.5 Å². The number of carbonyl (C=O) groups excluding carboxylic acids is 2. The largest absolute Gasteiger partial charge is 0.379 e. The molecule has 1 aliphatic rings. The van der Waals surface area contributed by atoms with Gasteiger partial charge in [0.25, 0.3) is 5.69 Å². The smallest absolute Gasteiger partial charge is 0.292 e. The van der Waals surface area contributed by atoms with Gasteiger partial charge >= 0.3 is 0 Å². The molecular weight excluding hydrogens is 410 g/mol. The summed E-state index contributed by atoms with van der Waals surface area (Å²) in [7, 11) is 0. The number of hydrogen-bond donors (Lipinski definition) is 2. The molecule has 9 heteroatoms. The third-order valence-corrected chi connectivity index (χ3v) is 5.73. The standard InChI is InChI=1S/C23H29N5O4/c1-17-6-5-8-19(18(17)2)25-22(29)16-26-12-14-27(15-13-26)23(30)10-11-24-20-7-3-4-9-21(20)28(31)32/h3-9,24H,10-16H2,1-2H3,(H,25,29). The number of aryl methyl sites for hydroxylation is 1. The number of benzene rings is 2. The zero-order valence-electron chi connectivity index (χ0n) is 18.5. The summed E-state index contributed by atoms with van der Waals surface area (Å²) in [6.45, 7) is 6.98. The molecule has 0 radical (unpaired) electrons. The number of nitro benzene ring substituents is 1. The van der Waals surface area contributed by atoms with Crippen LogP contribution < -0.4 is 10.6 Å². The van der Waals surface area contributed by atoms with Crippen LogP contribution in [0.1, 0.15) is 17.5 Å². The van der Waals surface area contributed by atoms with Crippen molar-refractivity contribution in [1.29, 1.82) is 0 Å². The molecule has 1 heterocycles. The monoisotopic (exact) mass is 439 g/mol. The Bertz CT molecular complexity index is 986. The Hall–Kier alpha value is -3.46. The number of nitro groups is 1. The molecule has 0 bridgehead atoms. The molecule has 1 fully saturated rings. The van der Waals surface area contributed by atoms with Gasteiger partial charge in [-0.1, -0.05) is 24.3 Å². The normalized spacial score (nSPS) is 14.1. The number of nitrogens with one attached hydrogen (secondary N) is 2. The molecule has 0 unspecified atom stereocenters. The Morgan fingerprint density at radius 1 is 1.00 bits per heavy atom. The lowest BCUT2D eigenvalue weighted by atomic mass is 10.1. The molecule has 2 amide bonds. The van der Waals surface area contributed by atoms with Crippen molar-refractivity contribution in [1.82, 2.24) is 9.80 Å². The van der Waals surface area contributed by atoms with Crippen LogP contribution >= 0.6 is 0 Å². The number of hydrogen-bond acceptors (Lipinski definition) is 6. The van der Waals surface area contributed by atoms with Crippen molar-refractivity contribution < 1.29 is 14.5 Å². The van der Waals surface area contributed by atoms with Gasteiger partial charge in [-0.2, -0.15) is 0 Å². The first kappa shape index (κ1) is 23.2. The van der Waals surface area contributed by atoms with Gasteiger partial charge in [-0.05, 0) is 37.1 Å². The number of anilines is 2. The molecule has 170 valence electrons. The zero-order valence-corrected chi connectivity index (χ0v) is 18.5. The Morgan fingerprint density at radius 3 is 2.41 bits per heavy atom. The first-order valence-corrected chi connectivity index (χ1v) is 10.7. The molecule has 0 aliphatic carbocycles. The maximum absolute atomic E-state index is 12.5. The van der Waals surface area contributed by atoms with E-state index in [4.69, 9.17) is 0 Å². The van der Waals surface area contributed by atoms with E-state index in [-0.39, 0.29) is 30.5 Å². The molecule has 9 nitrogen and oxygen atoms in total. The fourth-order valence-corrected chi connectivity index (χ4v) is 3.68. The molecule has 1 saturated heterocycles. The summed E-state index contributed by atoms with van der Waals surface area (Å²) in [6.07, 6.45) is 0.249. The minimum absolute atomic E-state index is 0.00410. The predicted molar refractivity (Wildman–Crippen MR) is 124 cm³/mol. The maximum atomic E-state index is 12.5. The zero-order chi connectivity index (χ0) is 23.1. The van der Waals surface area contributed by atoms with E-state index in [1.165, 1.54) is 6.07 Å². The number of para-hydroxylation sites is 2. The molecular formula is C23H29N5O4. The number of nitrogens with zero attached hydrogens (tertiary/aromatic N) is 3. The lowest BCUT2D eigenvalue weighted by Crippen LogP contribution is -2.50. The summed E-state index contributed by atoms with van der Waals surface area (Å²) in [6, 6.07) is 12.2.